The van der Waals surface area contributed by atoms with Gasteiger partial charge in [-0.25, -0.2) is 4.79 Å². The third-order valence-corrected chi connectivity index (χ3v) is 9.75. The third kappa shape index (κ3) is 11.0. The number of ether oxygens (including phenoxy) is 2. The van der Waals surface area contributed by atoms with Crippen LogP contribution in [0.5, 0.6) is 0 Å². The molecule has 0 aromatic heterocycles. The molecule has 262 valence electrons. The number of carboxylic acid groups (broad SMARTS) is 2. The lowest BCUT2D eigenvalue weighted by Gasteiger charge is -2.36. The summed E-state index contributed by atoms with van der Waals surface area (Å²) in [5.41, 5.74) is 5.92. The maximum Gasteiger partial charge on any atom is 0.335 e. The number of aliphatic hydroxyl groups is 1. The minimum atomic E-state index is -0.956. The normalized spacial score (nSPS) is 17.3. The monoisotopic (exact) mass is 697 g/mol. The lowest BCUT2D eigenvalue weighted by Crippen LogP contribution is -2.31. The first-order valence-electron chi connectivity index (χ1n) is 16.9. The Hall–Kier alpha value is -4.48. The quantitative estimate of drug-likeness (QED) is 0.0639. The van der Waals surface area contributed by atoms with Crippen molar-refractivity contribution >= 4 is 29.6 Å². The van der Waals surface area contributed by atoms with Gasteiger partial charge in [0.15, 0.2) is 6.29 Å². The molecule has 1 saturated heterocycles. The predicted molar refractivity (Wildman–Crippen MR) is 192 cm³/mol. The summed E-state index contributed by atoms with van der Waals surface area (Å²) >= 11 is 1.61. The highest BCUT2D eigenvalue weighted by molar-refractivity contribution is 7.99. The molecule has 50 heavy (non-hydrogen) atoms. The molecule has 4 aromatic rings. The lowest BCUT2D eigenvalue weighted by molar-refractivity contribution is -0.245. The largest absolute Gasteiger partial charge is 0.481 e. The Morgan fingerprint density at radius 3 is 2.14 bits per heavy atom. The maximum absolute atomic E-state index is 12.4. The molecule has 0 unspecified atom stereocenters. The zero-order valence-corrected chi connectivity index (χ0v) is 28.6. The van der Waals surface area contributed by atoms with Gasteiger partial charge in [-0.1, -0.05) is 73.5 Å². The number of aliphatic carboxylic acids is 1. The molecule has 1 fully saturated rings. The minimum Gasteiger partial charge on any atom is -0.481 e. The highest BCUT2D eigenvalue weighted by Gasteiger charge is 2.32. The van der Waals surface area contributed by atoms with E-state index in [0.717, 1.165) is 57.5 Å². The molecule has 10 heteroatoms. The van der Waals surface area contributed by atoms with Crippen molar-refractivity contribution in [3.8, 4) is 11.1 Å². The molecule has 4 aromatic carbocycles. The molecule has 0 saturated carbocycles. The molecule has 1 amide bonds. The number of carbonyl (C=O) groups excluding carboxylic acids is 1. The summed E-state index contributed by atoms with van der Waals surface area (Å²) in [4.78, 5) is 35.3. The SMILES string of the molecule is O=C(O)CCCCCCC(=O)NCc1cccc(-c2cccc([C@@H]3O[C@H](CSc4ccc(C(=O)O)cc4)C[C@H](c4ccc(CO)cc4)O3)c2)c1. The molecule has 0 bridgehead atoms. The number of aliphatic hydroxyl groups excluding tert-OH is 1. The second kappa shape index (κ2) is 18.5. The number of hydrogen-bond acceptors (Lipinski definition) is 7. The summed E-state index contributed by atoms with van der Waals surface area (Å²) in [6.45, 7) is 0.380. The van der Waals surface area contributed by atoms with Crippen LogP contribution in [-0.4, -0.2) is 45.0 Å². The third-order valence-electron chi connectivity index (χ3n) is 8.61. The fourth-order valence-electron chi connectivity index (χ4n) is 5.84. The molecule has 0 aliphatic carbocycles. The second-order valence-electron chi connectivity index (χ2n) is 12.4. The number of benzene rings is 4. The fourth-order valence-corrected chi connectivity index (χ4v) is 6.76. The van der Waals surface area contributed by atoms with Gasteiger partial charge in [0.1, 0.15) is 0 Å². The molecule has 1 heterocycles. The van der Waals surface area contributed by atoms with Crippen LogP contribution >= 0.6 is 11.8 Å². The zero-order valence-electron chi connectivity index (χ0n) is 27.8. The predicted octanol–water partition coefficient (Wildman–Crippen LogP) is 7.92. The van der Waals surface area contributed by atoms with Gasteiger partial charge >= 0.3 is 11.9 Å². The number of carboxylic acids is 2. The van der Waals surface area contributed by atoms with Gasteiger partial charge in [0.05, 0.1) is 24.4 Å². The topological polar surface area (TPSA) is 142 Å². The molecule has 5 rings (SSSR count). The number of hydrogen-bond donors (Lipinski definition) is 4. The van der Waals surface area contributed by atoms with E-state index in [-0.39, 0.29) is 36.7 Å². The first kappa shape index (κ1) is 36.8. The zero-order chi connectivity index (χ0) is 35.3. The summed E-state index contributed by atoms with van der Waals surface area (Å²) in [5, 5.41) is 30.5. The lowest BCUT2D eigenvalue weighted by atomic mass is 9.99. The Morgan fingerprint density at radius 2 is 1.44 bits per heavy atom. The Bertz CT molecular complexity index is 1730. The Balaban J connectivity index is 1.24. The average molecular weight is 698 g/mol. The van der Waals surface area contributed by atoms with E-state index in [4.69, 9.17) is 14.6 Å². The highest BCUT2D eigenvalue weighted by Crippen LogP contribution is 2.40. The maximum atomic E-state index is 12.4. The van der Waals surface area contributed by atoms with Crippen molar-refractivity contribution in [1.82, 2.24) is 5.32 Å². The molecule has 4 N–H and O–H groups in total. The van der Waals surface area contributed by atoms with Crippen LogP contribution in [-0.2, 0) is 32.2 Å². The number of rotatable bonds is 17. The summed E-state index contributed by atoms with van der Waals surface area (Å²) in [6.07, 6.45) is 3.21. The molecule has 1 aliphatic rings. The van der Waals surface area contributed by atoms with E-state index in [9.17, 15) is 24.6 Å². The summed E-state index contributed by atoms with van der Waals surface area (Å²) in [6, 6.07) is 30.7. The number of amides is 1. The number of carbonyl (C=O) groups is 3. The second-order valence-corrected chi connectivity index (χ2v) is 13.5. The molecule has 0 spiro atoms. The van der Waals surface area contributed by atoms with Gasteiger partial charge in [-0.15, -0.1) is 11.8 Å². The van der Waals surface area contributed by atoms with Gasteiger partial charge < -0.3 is 30.1 Å². The number of aromatic carboxylic acids is 1. The first-order valence-corrected chi connectivity index (χ1v) is 17.9. The van der Waals surface area contributed by atoms with E-state index in [1.807, 2.05) is 72.8 Å². The first-order chi connectivity index (χ1) is 24.3. The van der Waals surface area contributed by atoms with Crippen molar-refractivity contribution in [3.63, 3.8) is 0 Å². The van der Waals surface area contributed by atoms with Crippen LogP contribution in [0.15, 0.2) is 102 Å². The van der Waals surface area contributed by atoms with Crippen LogP contribution in [0, 0.1) is 0 Å². The van der Waals surface area contributed by atoms with Crippen molar-refractivity contribution in [3.05, 3.63) is 125 Å². The average Bonchev–Trinajstić information content (AvgIpc) is 3.14. The van der Waals surface area contributed by atoms with Crippen molar-refractivity contribution in [1.29, 1.82) is 0 Å². The van der Waals surface area contributed by atoms with Crippen LogP contribution in [0.25, 0.3) is 11.1 Å². The van der Waals surface area contributed by atoms with Gasteiger partial charge in [0, 0.05) is 42.0 Å². The van der Waals surface area contributed by atoms with Crippen molar-refractivity contribution in [2.45, 2.75) is 81.5 Å². The summed E-state index contributed by atoms with van der Waals surface area (Å²) in [7, 11) is 0. The van der Waals surface area contributed by atoms with Gasteiger partial charge in [-0.2, -0.15) is 0 Å². The summed E-state index contributed by atoms with van der Waals surface area (Å²) < 4.78 is 13.1. The van der Waals surface area contributed by atoms with Gasteiger partial charge in [0.2, 0.25) is 5.91 Å². The van der Waals surface area contributed by atoms with Crippen molar-refractivity contribution in [2.24, 2.45) is 0 Å². The Kier molecular flexibility index (Phi) is 13.6. The minimum absolute atomic E-state index is 0.0206. The van der Waals surface area contributed by atoms with Crippen molar-refractivity contribution < 1.29 is 39.2 Å². The summed E-state index contributed by atoms with van der Waals surface area (Å²) in [5.74, 6) is -1.11. The molecule has 0 radical (unpaired) electrons. The van der Waals surface area contributed by atoms with Crippen LogP contribution in [0.4, 0.5) is 0 Å². The van der Waals surface area contributed by atoms with E-state index >= 15 is 0 Å². The molecular formula is C40H43NO8S. The van der Waals surface area contributed by atoms with Gasteiger partial charge in [-0.3, -0.25) is 9.59 Å². The fraction of sp³-hybridized carbons (Fsp3) is 0.325. The molecule has 3 atom stereocenters. The van der Waals surface area contributed by atoms with Gasteiger partial charge in [-0.05, 0) is 77.1 Å². The van der Waals surface area contributed by atoms with E-state index in [1.165, 1.54) is 0 Å². The van der Waals surface area contributed by atoms with Crippen LogP contribution < -0.4 is 5.32 Å². The molecule has 9 nitrogen and oxygen atoms in total. The highest BCUT2D eigenvalue weighted by atomic mass is 32.2. The van der Waals surface area contributed by atoms with E-state index in [1.54, 1.807) is 23.9 Å². The Morgan fingerprint density at radius 1 is 0.740 bits per heavy atom. The van der Waals surface area contributed by atoms with Gasteiger partial charge in [0.25, 0.3) is 0 Å². The van der Waals surface area contributed by atoms with E-state index in [0.29, 0.717) is 31.6 Å². The van der Waals surface area contributed by atoms with E-state index in [2.05, 4.69) is 17.4 Å². The smallest absolute Gasteiger partial charge is 0.335 e. The number of nitrogens with one attached hydrogen (secondary N) is 1. The Labute approximate surface area is 296 Å². The number of unbranched alkanes of at least 4 members (excludes halogenated alkanes) is 3. The van der Waals surface area contributed by atoms with E-state index < -0.39 is 18.2 Å². The molecular weight excluding hydrogens is 655 g/mol. The molecule has 1 aliphatic heterocycles. The van der Waals surface area contributed by atoms with Crippen molar-refractivity contribution in [2.75, 3.05) is 5.75 Å². The van der Waals surface area contributed by atoms with Crippen LogP contribution in [0.3, 0.4) is 0 Å². The number of thioether (sulfide) groups is 1. The van der Waals surface area contributed by atoms with Crippen LogP contribution in [0.2, 0.25) is 0 Å². The van der Waals surface area contributed by atoms with Crippen LogP contribution in [0.1, 0.15) is 90.0 Å². The standard InChI is InChI=1S/C40H43NO8S/c42-25-27-13-15-29(16-14-27)36-23-34(26-50-35-19-17-30(18-20-35)39(46)47)48-40(49-36)33-10-6-9-32(22-33)31-8-5-7-28(21-31)24-41-37(43)11-3-1-2-4-12-38(44)45/h5-10,13-22,34,36,40,42H,1-4,11-12,23-26H2,(H,41,43)(H,44,45)(H,46,47)/t34-,36+,40+/m0/s1.